The Hall–Kier alpha value is -3.72. The first kappa shape index (κ1) is 22.1. The van der Waals surface area contributed by atoms with Crippen molar-refractivity contribution in [2.45, 2.75) is 38.5 Å². The molecule has 8 nitrogen and oxygen atoms in total. The summed E-state index contributed by atoms with van der Waals surface area (Å²) in [6, 6.07) is 9.06. The second kappa shape index (κ2) is 8.90. The van der Waals surface area contributed by atoms with Crippen LogP contribution in [0.2, 0.25) is 0 Å². The predicted octanol–water partition coefficient (Wildman–Crippen LogP) is 3.57. The molecule has 0 saturated carbocycles. The van der Waals surface area contributed by atoms with Crippen molar-refractivity contribution in [3.63, 3.8) is 0 Å². The molecule has 2 aromatic carbocycles. The summed E-state index contributed by atoms with van der Waals surface area (Å²) >= 11 is 0. The third-order valence-electron chi connectivity index (χ3n) is 6.41. The Bertz CT molecular complexity index is 1310. The summed E-state index contributed by atoms with van der Waals surface area (Å²) in [5, 5.41) is 19.5. The van der Waals surface area contributed by atoms with Gasteiger partial charge in [0.1, 0.15) is 5.82 Å². The van der Waals surface area contributed by atoms with E-state index in [1.165, 1.54) is 24.3 Å². The lowest BCUT2D eigenvalue weighted by Gasteiger charge is -2.27. The zero-order valence-corrected chi connectivity index (χ0v) is 18.4. The molecule has 0 spiro atoms. The number of fused-ring (bicyclic) bond motifs is 1. The molecule has 3 heterocycles. The Labute approximate surface area is 194 Å². The number of aromatic nitrogens is 2. The molecule has 0 aliphatic carbocycles. The van der Waals surface area contributed by atoms with E-state index in [9.17, 15) is 24.2 Å². The first-order chi connectivity index (χ1) is 16.4. The molecule has 9 heteroatoms. The quantitative estimate of drug-likeness (QED) is 0.577. The second-order valence-corrected chi connectivity index (χ2v) is 8.60. The second-order valence-electron chi connectivity index (χ2n) is 8.60. The number of phenols is 1. The van der Waals surface area contributed by atoms with Gasteiger partial charge in [-0.1, -0.05) is 12.1 Å². The number of hydrogen-bond donors (Lipinski definition) is 2. The molecular weight excluding hydrogens is 441 g/mol. The van der Waals surface area contributed by atoms with Crippen LogP contribution >= 0.6 is 0 Å². The molecular formula is C25H24FN3O5. The van der Waals surface area contributed by atoms with E-state index in [1.54, 1.807) is 23.1 Å². The SMILES string of the molecule is O=C(O)c1ccc2nc(CN3CCC(c4cccc(F)c4O)=CC3=O)n(CC3CCCO3)c2c1. The van der Waals surface area contributed by atoms with Gasteiger partial charge < -0.3 is 24.4 Å². The van der Waals surface area contributed by atoms with E-state index in [0.717, 1.165) is 12.8 Å². The number of aromatic hydroxyl groups is 1. The highest BCUT2D eigenvalue weighted by Crippen LogP contribution is 2.32. The van der Waals surface area contributed by atoms with Crippen LogP contribution in [0.4, 0.5) is 4.39 Å². The summed E-state index contributed by atoms with van der Waals surface area (Å²) in [7, 11) is 0. The van der Waals surface area contributed by atoms with Gasteiger partial charge in [-0.25, -0.2) is 14.2 Å². The minimum atomic E-state index is -1.02. The van der Waals surface area contributed by atoms with Crippen LogP contribution in [-0.4, -0.2) is 55.8 Å². The number of carbonyl (C=O) groups is 2. The number of halogens is 1. The number of amides is 1. The molecule has 2 aliphatic heterocycles. The molecule has 3 aromatic rings. The fourth-order valence-electron chi connectivity index (χ4n) is 4.61. The highest BCUT2D eigenvalue weighted by Gasteiger charge is 2.26. The molecule has 1 atom stereocenters. The number of rotatable bonds is 6. The number of benzene rings is 2. The van der Waals surface area contributed by atoms with E-state index in [-0.39, 0.29) is 24.1 Å². The van der Waals surface area contributed by atoms with Crippen LogP contribution < -0.4 is 0 Å². The molecule has 1 amide bonds. The highest BCUT2D eigenvalue weighted by molar-refractivity contribution is 5.97. The molecule has 1 saturated heterocycles. The number of hydrogen-bond acceptors (Lipinski definition) is 5. The van der Waals surface area contributed by atoms with E-state index < -0.39 is 17.5 Å². The molecule has 5 rings (SSSR count). The Morgan fingerprint density at radius 1 is 1.26 bits per heavy atom. The average Bonchev–Trinajstić information content (AvgIpc) is 3.45. The van der Waals surface area contributed by atoms with E-state index in [1.807, 2.05) is 4.57 Å². The number of carboxylic acids is 1. The van der Waals surface area contributed by atoms with Gasteiger partial charge in [0, 0.05) is 24.8 Å². The van der Waals surface area contributed by atoms with Gasteiger partial charge in [-0.3, -0.25) is 4.79 Å². The number of imidazole rings is 1. The number of phenolic OH excluding ortho intramolecular Hbond substituents is 1. The maximum atomic E-state index is 13.8. The number of nitrogens with zero attached hydrogens (tertiary/aromatic N) is 3. The average molecular weight is 465 g/mol. The van der Waals surface area contributed by atoms with Gasteiger partial charge in [0.2, 0.25) is 5.91 Å². The van der Waals surface area contributed by atoms with Crippen molar-refractivity contribution in [2.24, 2.45) is 0 Å². The normalized spacial score (nSPS) is 18.5. The van der Waals surface area contributed by atoms with Gasteiger partial charge in [-0.2, -0.15) is 0 Å². The topological polar surface area (TPSA) is 105 Å². The molecule has 2 N–H and O–H groups in total. The summed E-state index contributed by atoms with van der Waals surface area (Å²) in [5.41, 5.74) is 2.42. The van der Waals surface area contributed by atoms with E-state index in [0.29, 0.717) is 54.1 Å². The molecule has 0 radical (unpaired) electrons. The van der Waals surface area contributed by atoms with Crippen molar-refractivity contribution in [1.29, 1.82) is 0 Å². The third kappa shape index (κ3) is 4.14. The minimum absolute atomic E-state index is 0.00384. The zero-order valence-electron chi connectivity index (χ0n) is 18.4. The standard InChI is InChI=1S/C25H24FN3O5/c26-19-5-1-4-18(24(19)31)15-8-9-28(23(30)12-15)14-22-27-20-7-6-16(25(32)33)11-21(20)29(22)13-17-3-2-10-34-17/h1,4-7,11-12,17,31H,2-3,8-10,13-14H2,(H,32,33). The summed E-state index contributed by atoms with van der Waals surface area (Å²) in [4.78, 5) is 30.8. The molecule has 34 heavy (non-hydrogen) atoms. The Balaban J connectivity index is 1.45. The Kier molecular flexibility index (Phi) is 5.79. The van der Waals surface area contributed by atoms with Crippen LogP contribution in [0.3, 0.4) is 0 Å². The summed E-state index contributed by atoms with van der Waals surface area (Å²) in [6.45, 7) is 1.83. The predicted molar refractivity (Wildman–Crippen MR) is 122 cm³/mol. The lowest BCUT2D eigenvalue weighted by molar-refractivity contribution is -0.127. The third-order valence-corrected chi connectivity index (χ3v) is 6.41. The van der Waals surface area contributed by atoms with Crippen LogP contribution in [0.5, 0.6) is 5.75 Å². The maximum Gasteiger partial charge on any atom is 0.335 e. The van der Waals surface area contributed by atoms with Crippen LogP contribution in [-0.2, 0) is 22.6 Å². The molecule has 0 bridgehead atoms. The van der Waals surface area contributed by atoms with Crippen molar-refractivity contribution in [2.75, 3.05) is 13.2 Å². The number of ether oxygens (including phenoxy) is 1. The fraction of sp³-hybridized carbons (Fsp3) is 0.320. The minimum Gasteiger partial charge on any atom is -0.504 e. The Morgan fingerprint density at radius 3 is 2.85 bits per heavy atom. The molecule has 1 aromatic heterocycles. The number of para-hydroxylation sites is 1. The van der Waals surface area contributed by atoms with Crippen LogP contribution in [0, 0.1) is 5.82 Å². The first-order valence-electron chi connectivity index (χ1n) is 11.2. The van der Waals surface area contributed by atoms with Gasteiger partial charge in [-0.15, -0.1) is 0 Å². The summed E-state index contributed by atoms with van der Waals surface area (Å²) in [6.07, 6.45) is 3.76. The van der Waals surface area contributed by atoms with Crippen molar-refractivity contribution in [3.8, 4) is 5.75 Å². The highest BCUT2D eigenvalue weighted by atomic mass is 19.1. The monoisotopic (exact) mass is 465 g/mol. The molecule has 1 unspecified atom stereocenters. The van der Waals surface area contributed by atoms with Crippen molar-refractivity contribution in [1.82, 2.24) is 14.5 Å². The van der Waals surface area contributed by atoms with Gasteiger partial charge in [0.25, 0.3) is 0 Å². The fourth-order valence-corrected chi connectivity index (χ4v) is 4.61. The van der Waals surface area contributed by atoms with Gasteiger partial charge in [-0.05, 0) is 49.1 Å². The van der Waals surface area contributed by atoms with Crippen LogP contribution in [0.25, 0.3) is 16.6 Å². The maximum absolute atomic E-state index is 13.8. The Morgan fingerprint density at radius 2 is 2.12 bits per heavy atom. The largest absolute Gasteiger partial charge is 0.504 e. The first-order valence-corrected chi connectivity index (χ1v) is 11.2. The molecule has 176 valence electrons. The lowest BCUT2D eigenvalue weighted by atomic mass is 9.98. The number of aromatic carboxylic acids is 1. The lowest BCUT2D eigenvalue weighted by Crippen LogP contribution is -2.34. The van der Waals surface area contributed by atoms with Crippen LogP contribution in [0.1, 0.15) is 41.0 Å². The number of carboxylic acid groups (broad SMARTS) is 1. The van der Waals surface area contributed by atoms with Crippen LogP contribution in [0.15, 0.2) is 42.5 Å². The van der Waals surface area contributed by atoms with Crippen molar-refractivity contribution < 1.29 is 28.9 Å². The zero-order chi connectivity index (χ0) is 23.8. The van der Waals surface area contributed by atoms with E-state index >= 15 is 0 Å². The van der Waals surface area contributed by atoms with Gasteiger partial charge in [0.05, 0.1) is 35.8 Å². The number of carbonyl (C=O) groups excluding carboxylic acids is 1. The summed E-state index contributed by atoms with van der Waals surface area (Å²) < 4.78 is 21.5. The van der Waals surface area contributed by atoms with Gasteiger partial charge in [0.15, 0.2) is 11.6 Å². The van der Waals surface area contributed by atoms with Crippen molar-refractivity contribution in [3.05, 3.63) is 65.2 Å². The van der Waals surface area contributed by atoms with Crippen molar-refractivity contribution >= 4 is 28.5 Å². The van der Waals surface area contributed by atoms with Gasteiger partial charge >= 0.3 is 5.97 Å². The molecule has 1 fully saturated rings. The molecule has 2 aliphatic rings. The van der Waals surface area contributed by atoms with E-state index in [2.05, 4.69) is 0 Å². The van der Waals surface area contributed by atoms with E-state index in [4.69, 9.17) is 9.72 Å². The smallest absolute Gasteiger partial charge is 0.335 e. The summed E-state index contributed by atoms with van der Waals surface area (Å²) in [5.74, 6) is -1.81.